The molecule has 0 bridgehead atoms. The van der Waals surface area contributed by atoms with Crippen molar-refractivity contribution in [2.45, 2.75) is 30.1 Å². The normalized spacial score (nSPS) is 10.4. The molecule has 98 valence electrons. The Morgan fingerprint density at radius 1 is 1.47 bits per heavy atom. The molecule has 19 heavy (non-hydrogen) atoms. The van der Waals surface area contributed by atoms with Gasteiger partial charge in [0.1, 0.15) is 16.9 Å². The second kappa shape index (κ2) is 6.31. The monoisotopic (exact) mass is 274 g/mol. The predicted octanol–water partition coefficient (Wildman–Crippen LogP) is 1.22. The molecular weight excluding hydrogens is 260 g/mol. The molecule has 0 amide bonds. The van der Waals surface area contributed by atoms with Gasteiger partial charge in [-0.2, -0.15) is 5.26 Å². The molecular formula is C12H14N6S. The molecule has 0 radical (unpaired) electrons. The Bertz CT molecular complexity index is 601. The number of nitrogens with two attached hydrogens (primary N) is 1. The maximum Gasteiger partial charge on any atom is 0.197 e. The average Bonchev–Trinajstić information content (AvgIpc) is 2.82. The minimum atomic E-state index is 0.538. The Kier molecular flexibility index (Phi) is 4.49. The van der Waals surface area contributed by atoms with Gasteiger partial charge in [0.05, 0.1) is 5.56 Å². The van der Waals surface area contributed by atoms with Gasteiger partial charge in [0.25, 0.3) is 0 Å². The quantitative estimate of drug-likeness (QED) is 0.881. The summed E-state index contributed by atoms with van der Waals surface area (Å²) in [4.78, 5) is 4.21. The van der Waals surface area contributed by atoms with Crippen molar-refractivity contribution in [3.05, 3.63) is 29.7 Å². The minimum Gasteiger partial charge on any atom is -0.330 e. The van der Waals surface area contributed by atoms with Crippen molar-refractivity contribution >= 4 is 11.8 Å². The fourth-order valence-electron chi connectivity index (χ4n) is 1.67. The van der Waals surface area contributed by atoms with Crippen LogP contribution in [0.15, 0.2) is 28.5 Å². The van der Waals surface area contributed by atoms with E-state index in [4.69, 9.17) is 11.0 Å². The van der Waals surface area contributed by atoms with Crippen LogP contribution in [-0.4, -0.2) is 26.3 Å². The molecule has 2 heterocycles. The van der Waals surface area contributed by atoms with E-state index >= 15 is 0 Å². The van der Waals surface area contributed by atoms with E-state index in [-0.39, 0.29) is 0 Å². The molecule has 2 aromatic heterocycles. The summed E-state index contributed by atoms with van der Waals surface area (Å²) in [6, 6.07) is 5.61. The van der Waals surface area contributed by atoms with Gasteiger partial charge in [0.2, 0.25) is 0 Å². The van der Waals surface area contributed by atoms with Crippen LogP contribution in [0.25, 0.3) is 0 Å². The average molecular weight is 274 g/mol. The smallest absolute Gasteiger partial charge is 0.197 e. The number of hydrogen-bond donors (Lipinski definition) is 1. The summed E-state index contributed by atoms with van der Waals surface area (Å²) < 4.78 is 1.99. The second-order valence-corrected chi connectivity index (χ2v) is 4.71. The Morgan fingerprint density at radius 2 is 2.32 bits per heavy atom. The minimum absolute atomic E-state index is 0.538. The lowest BCUT2D eigenvalue weighted by Crippen LogP contribution is -2.10. The van der Waals surface area contributed by atoms with Gasteiger partial charge in [-0.25, -0.2) is 4.98 Å². The van der Waals surface area contributed by atoms with Crippen LogP contribution >= 0.6 is 11.8 Å². The third kappa shape index (κ3) is 2.92. The highest BCUT2D eigenvalue weighted by atomic mass is 32.2. The van der Waals surface area contributed by atoms with Gasteiger partial charge in [0, 0.05) is 19.2 Å². The van der Waals surface area contributed by atoms with Gasteiger partial charge in [-0.1, -0.05) is 0 Å². The van der Waals surface area contributed by atoms with Crippen LogP contribution < -0.4 is 5.73 Å². The molecule has 0 saturated heterocycles. The number of nitrogens with zero attached hydrogens (tertiary/aromatic N) is 5. The molecule has 0 fully saturated rings. The summed E-state index contributed by atoms with van der Waals surface area (Å²) in [7, 11) is 0. The number of pyridine rings is 1. The van der Waals surface area contributed by atoms with Crippen molar-refractivity contribution in [1.82, 2.24) is 19.7 Å². The highest BCUT2D eigenvalue weighted by molar-refractivity contribution is 7.99. The molecule has 0 spiro atoms. The molecule has 0 aliphatic carbocycles. The highest BCUT2D eigenvalue weighted by Gasteiger charge is 2.14. The third-order valence-electron chi connectivity index (χ3n) is 2.56. The zero-order chi connectivity index (χ0) is 13.7. The molecule has 0 aliphatic heterocycles. The van der Waals surface area contributed by atoms with Crippen molar-refractivity contribution in [3.63, 3.8) is 0 Å². The molecule has 2 aromatic rings. The highest BCUT2D eigenvalue weighted by Crippen LogP contribution is 2.27. The summed E-state index contributed by atoms with van der Waals surface area (Å²) in [6.07, 6.45) is 2.35. The Labute approximate surface area is 115 Å². The first-order chi connectivity index (χ1) is 9.30. The lowest BCUT2D eigenvalue weighted by molar-refractivity contribution is 0.640. The Hall–Kier alpha value is -1.91. The van der Waals surface area contributed by atoms with Crippen molar-refractivity contribution in [3.8, 4) is 6.07 Å². The van der Waals surface area contributed by atoms with E-state index in [0.717, 1.165) is 17.5 Å². The molecule has 2 N–H and O–H groups in total. The fraction of sp³-hybridized carbons (Fsp3) is 0.333. The summed E-state index contributed by atoms with van der Waals surface area (Å²) in [5.74, 6) is 0.863. The van der Waals surface area contributed by atoms with Crippen LogP contribution in [0.4, 0.5) is 0 Å². The maximum absolute atomic E-state index is 9.05. The van der Waals surface area contributed by atoms with Gasteiger partial charge in [-0.15, -0.1) is 10.2 Å². The number of aromatic nitrogens is 4. The summed E-state index contributed by atoms with van der Waals surface area (Å²) in [5.41, 5.74) is 6.09. The fourth-order valence-corrected chi connectivity index (χ4v) is 2.61. The molecule has 2 rings (SSSR count). The second-order valence-electron chi connectivity index (χ2n) is 3.75. The van der Waals surface area contributed by atoms with E-state index in [2.05, 4.69) is 21.3 Å². The van der Waals surface area contributed by atoms with E-state index in [1.165, 1.54) is 11.8 Å². The van der Waals surface area contributed by atoms with Crippen LogP contribution in [0.3, 0.4) is 0 Å². The Balaban J connectivity index is 2.31. The number of hydrogen-bond acceptors (Lipinski definition) is 6. The first-order valence-electron chi connectivity index (χ1n) is 5.95. The van der Waals surface area contributed by atoms with Gasteiger partial charge < -0.3 is 10.3 Å². The van der Waals surface area contributed by atoms with Crippen LogP contribution in [-0.2, 0) is 13.0 Å². The van der Waals surface area contributed by atoms with Crippen molar-refractivity contribution in [2.24, 2.45) is 5.73 Å². The van der Waals surface area contributed by atoms with Crippen LogP contribution in [0.1, 0.15) is 18.3 Å². The molecule has 0 unspecified atom stereocenters. The number of rotatable bonds is 5. The Morgan fingerprint density at radius 3 is 3.00 bits per heavy atom. The zero-order valence-electron chi connectivity index (χ0n) is 10.6. The number of nitriles is 1. The molecule has 7 heteroatoms. The van der Waals surface area contributed by atoms with E-state index in [1.807, 2.05) is 11.5 Å². The maximum atomic E-state index is 9.05. The van der Waals surface area contributed by atoms with Gasteiger partial charge in [-0.05, 0) is 37.4 Å². The largest absolute Gasteiger partial charge is 0.330 e. The first-order valence-corrected chi connectivity index (χ1v) is 6.77. The lowest BCUT2D eigenvalue weighted by atomic mass is 10.3. The standard InChI is InChI=1S/C12H14N6S/c1-2-18-10(5-6-13)16-17-12(18)19-11-9(8-14)4-3-7-15-11/h3-4,7H,2,5-6,13H2,1H3. The van der Waals surface area contributed by atoms with Gasteiger partial charge >= 0.3 is 0 Å². The topological polar surface area (TPSA) is 93.4 Å². The summed E-state index contributed by atoms with van der Waals surface area (Å²) in [6.45, 7) is 3.33. The molecule has 0 aliphatic rings. The lowest BCUT2D eigenvalue weighted by Gasteiger charge is -2.06. The van der Waals surface area contributed by atoms with Crippen molar-refractivity contribution < 1.29 is 0 Å². The molecule has 0 saturated carbocycles. The van der Waals surface area contributed by atoms with Crippen LogP contribution in [0, 0.1) is 11.3 Å². The van der Waals surface area contributed by atoms with Crippen LogP contribution in [0.2, 0.25) is 0 Å². The summed E-state index contributed by atoms with van der Waals surface area (Å²) in [5, 5.41) is 18.7. The van der Waals surface area contributed by atoms with E-state index < -0.39 is 0 Å². The molecule has 0 aromatic carbocycles. The molecule has 6 nitrogen and oxygen atoms in total. The predicted molar refractivity (Wildman–Crippen MR) is 71.5 cm³/mol. The molecule has 0 atom stereocenters. The van der Waals surface area contributed by atoms with E-state index in [1.54, 1.807) is 18.3 Å². The first kappa shape index (κ1) is 13.5. The van der Waals surface area contributed by atoms with E-state index in [9.17, 15) is 0 Å². The third-order valence-corrected chi connectivity index (χ3v) is 3.56. The van der Waals surface area contributed by atoms with Gasteiger partial charge in [-0.3, -0.25) is 0 Å². The van der Waals surface area contributed by atoms with Crippen LogP contribution in [0.5, 0.6) is 0 Å². The van der Waals surface area contributed by atoms with Crippen molar-refractivity contribution in [2.75, 3.05) is 6.54 Å². The van der Waals surface area contributed by atoms with Crippen molar-refractivity contribution in [1.29, 1.82) is 5.26 Å². The van der Waals surface area contributed by atoms with Gasteiger partial charge in [0.15, 0.2) is 5.16 Å². The zero-order valence-corrected chi connectivity index (χ0v) is 11.4. The summed E-state index contributed by atoms with van der Waals surface area (Å²) >= 11 is 1.35. The van der Waals surface area contributed by atoms with E-state index in [0.29, 0.717) is 23.6 Å². The SMILES string of the molecule is CCn1c(CCN)nnc1Sc1ncccc1C#N.